The van der Waals surface area contributed by atoms with Gasteiger partial charge in [-0.15, -0.1) is 0 Å². The molecule has 1 N–H and O–H groups in total. The van der Waals surface area contributed by atoms with E-state index in [9.17, 15) is 4.79 Å². The molecule has 1 aliphatic rings. The average Bonchev–Trinajstić information content (AvgIpc) is 3.40. The van der Waals surface area contributed by atoms with Crippen LogP contribution < -0.4 is 9.47 Å². The van der Waals surface area contributed by atoms with Gasteiger partial charge < -0.3 is 19.2 Å². The number of aromatic nitrogens is 3. The molecule has 0 radical (unpaired) electrons. The number of esters is 1. The molecular weight excluding hydrogens is 564 g/mol. The topological polar surface area (TPSA) is 86.3 Å². The zero-order valence-electron chi connectivity index (χ0n) is 23.9. The number of carbonyl (C=O) groups excluding carboxylic acids is 1. The quantitative estimate of drug-likeness (QED) is 0.186. The molecule has 1 unspecified atom stereocenters. The van der Waals surface area contributed by atoms with Gasteiger partial charge >= 0.3 is 5.97 Å². The standard InChI is InChI=1S/C32H34ClF2N3O4/c1-4-40-31(39)32(2,3)42-22-14-15-26(36-17-22)41-18-23(19-8-6-5-7-9-19)27-28(35)24(34)16-25-29(27)38-30(37-25)20-10-12-21(33)13-11-20/h10-17,19,23H,4-9,18H2,1-3H3,(H,37,38). The smallest absolute Gasteiger partial charge is 0.349 e. The van der Waals surface area contributed by atoms with E-state index in [-0.39, 0.29) is 24.7 Å². The number of pyridine rings is 1. The normalized spacial score (nSPS) is 15.0. The maximum absolute atomic E-state index is 15.7. The molecule has 1 aliphatic carbocycles. The lowest BCUT2D eigenvalue weighted by molar-refractivity contribution is -0.158. The summed E-state index contributed by atoms with van der Waals surface area (Å²) in [5, 5.41) is 0.582. The van der Waals surface area contributed by atoms with Gasteiger partial charge in [0.15, 0.2) is 17.2 Å². The van der Waals surface area contributed by atoms with Crippen molar-refractivity contribution in [3.8, 4) is 23.0 Å². The van der Waals surface area contributed by atoms with Gasteiger partial charge in [0.2, 0.25) is 5.88 Å². The third-order valence-electron chi connectivity index (χ3n) is 7.67. The first-order valence-electron chi connectivity index (χ1n) is 14.2. The summed E-state index contributed by atoms with van der Waals surface area (Å²) in [5.74, 6) is -1.53. The number of halogens is 3. The maximum atomic E-state index is 15.7. The molecule has 42 heavy (non-hydrogen) atoms. The number of benzene rings is 2. The Morgan fingerprint density at radius 1 is 1.12 bits per heavy atom. The number of nitrogens with zero attached hydrogens (tertiary/aromatic N) is 2. The Labute approximate surface area is 248 Å². The SMILES string of the molecule is CCOC(=O)C(C)(C)Oc1ccc(OCC(c2c(F)c(F)cc3[nH]c(-c4ccc(Cl)cc4)nc23)C2CCCCC2)nc1. The molecule has 2 heterocycles. The molecule has 0 amide bonds. The van der Waals surface area contributed by atoms with Gasteiger partial charge in [-0.3, -0.25) is 0 Å². The first-order valence-corrected chi connectivity index (χ1v) is 14.6. The van der Waals surface area contributed by atoms with Crippen LogP contribution in [0.15, 0.2) is 48.7 Å². The van der Waals surface area contributed by atoms with E-state index in [1.807, 2.05) is 0 Å². The Balaban J connectivity index is 1.43. The van der Waals surface area contributed by atoms with Gasteiger partial charge in [0.05, 0.1) is 30.4 Å². The highest BCUT2D eigenvalue weighted by molar-refractivity contribution is 6.30. The summed E-state index contributed by atoms with van der Waals surface area (Å²) >= 11 is 6.04. The third kappa shape index (κ3) is 6.51. The molecule has 2 aromatic carbocycles. The van der Waals surface area contributed by atoms with Gasteiger partial charge in [-0.2, -0.15) is 0 Å². The van der Waals surface area contributed by atoms with E-state index in [0.717, 1.165) is 43.7 Å². The highest BCUT2D eigenvalue weighted by Crippen LogP contribution is 2.41. The number of H-pyrrole nitrogens is 1. The lowest BCUT2D eigenvalue weighted by atomic mass is 9.76. The van der Waals surface area contributed by atoms with Crippen molar-refractivity contribution >= 4 is 28.6 Å². The molecule has 5 rings (SSSR count). The molecule has 0 saturated heterocycles. The fraction of sp³-hybridized carbons (Fsp3) is 0.406. The molecule has 4 aromatic rings. The molecule has 222 valence electrons. The number of hydrogen-bond acceptors (Lipinski definition) is 6. The van der Waals surface area contributed by atoms with Crippen LogP contribution in [0.2, 0.25) is 5.02 Å². The van der Waals surface area contributed by atoms with Crippen LogP contribution in [0.3, 0.4) is 0 Å². The van der Waals surface area contributed by atoms with Gasteiger partial charge in [-0.1, -0.05) is 30.9 Å². The fourth-order valence-electron chi connectivity index (χ4n) is 5.52. The Morgan fingerprint density at radius 2 is 1.86 bits per heavy atom. The number of rotatable bonds is 10. The minimum atomic E-state index is -1.19. The Kier molecular flexibility index (Phi) is 8.96. The van der Waals surface area contributed by atoms with Crippen LogP contribution in [0.4, 0.5) is 8.78 Å². The second-order valence-corrected chi connectivity index (χ2v) is 11.5. The monoisotopic (exact) mass is 597 g/mol. The highest BCUT2D eigenvalue weighted by Gasteiger charge is 2.33. The number of ether oxygens (including phenoxy) is 3. The van der Waals surface area contributed by atoms with Gasteiger partial charge in [-0.05, 0) is 69.9 Å². The van der Waals surface area contributed by atoms with Crippen molar-refractivity contribution in [3.63, 3.8) is 0 Å². The van der Waals surface area contributed by atoms with Crippen molar-refractivity contribution in [1.82, 2.24) is 15.0 Å². The molecule has 7 nitrogen and oxygen atoms in total. The summed E-state index contributed by atoms with van der Waals surface area (Å²) in [4.78, 5) is 24.4. The molecular formula is C32H34ClF2N3O4. The molecule has 1 saturated carbocycles. The van der Waals surface area contributed by atoms with Crippen LogP contribution in [0.1, 0.15) is 64.4 Å². The molecule has 2 aromatic heterocycles. The van der Waals surface area contributed by atoms with Gasteiger partial charge in [0.25, 0.3) is 0 Å². The minimum absolute atomic E-state index is 0.0851. The van der Waals surface area contributed by atoms with Gasteiger partial charge in [0, 0.05) is 34.2 Å². The van der Waals surface area contributed by atoms with Crippen LogP contribution >= 0.6 is 11.6 Å². The van der Waals surface area contributed by atoms with Gasteiger partial charge in [-0.25, -0.2) is 23.5 Å². The van der Waals surface area contributed by atoms with E-state index in [1.165, 1.54) is 6.20 Å². The van der Waals surface area contributed by atoms with Crippen LogP contribution in [0, 0.1) is 17.6 Å². The van der Waals surface area contributed by atoms with E-state index in [0.29, 0.717) is 33.5 Å². The van der Waals surface area contributed by atoms with Crippen LogP contribution in [-0.2, 0) is 9.53 Å². The van der Waals surface area contributed by atoms with E-state index in [1.54, 1.807) is 57.2 Å². The molecule has 1 fully saturated rings. The highest BCUT2D eigenvalue weighted by atomic mass is 35.5. The van der Waals surface area contributed by atoms with E-state index in [4.69, 9.17) is 30.8 Å². The van der Waals surface area contributed by atoms with Gasteiger partial charge in [0.1, 0.15) is 11.6 Å². The van der Waals surface area contributed by atoms with Crippen LogP contribution in [0.25, 0.3) is 22.4 Å². The predicted molar refractivity (Wildman–Crippen MR) is 157 cm³/mol. The first-order chi connectivity index (χ1) is 20.2. The largest absolute Gasteiger partial charge is 0.477 e. The van der Waals surface area contributed by atoms with E-state index < -0.39 is 29.1 Å². The fourth-order valence-corrected chi connectivity index (χ4v) is 5.65. The number of nitrogens with one attached hydrogen (secondary N) is 1. The molecule has 1 atom stereocenters. The lowest BCUT2D eigenvalue weighted by Gasteiger charge is -2.31. The Hall–Kier alpha value is -3.72. The number of hydrogen-bond donors (Lipinski definition) is 1. The molecule has 0 aliphatic heterocycles. The Bertz CT molecular complexity index is 1530. The summed E-state index contributed by atoms with van der Waals surface area (Å²) in [6, 6.07) is 11.5. The van der Waals surface area contributed by atoms with Crippen LogP contribution in [0.5, 0.6) is 11.6 Å². The van der Waals surface area contributed by atoms with Crippen molar-refractivity contribution < 1.29 is 27.8 Å². The number of imidazole rings is 1. The van der Waals surface area contributed by atoms with Crippen molar-refractivity contribution in [2.45, 2.75) is 64.4 Å². The zero-order valence-corrected chi connectivity index (χ0v) is 24.6. The number of fused-ring (bicyclic) bond motifs is 1. The first kappa shape index (κ1) is 29.8. The minimum Gasteiger partial charge on any atom is -0.477 e. The van der Waals surface area contributed by atoms with Crippen molar-refractivity contribution in [2.24, 2.45) is 5.92 Å². The summed E-state index contributed by atoms with van der Waals surface area (Å²) < 4.78 is 47.6. The predicted octanol–water partition coefficient (Wildman–Crippen LogP) is 8.02. The molecule has 10 heteroatoms. The van der Waals surface area contributed by atoms with Crippen molar-refractivity contribution in [2.75, 3.05) is 13.2 Å². The lowest BCUT2D eigenvalue weighted by Crippen LogP contribution is -2.39. The molecule has 0 bridgehead atoms. The average molecular weight is 598 g/mol. The van der Waals surface area contributed by atoms with E-state index in [2.05, 4.69) is 9.97 Å². The van der Waals surface area contributed by atoms with Crippen molar-refractivity contribution in [3.05, 3.63) is 70.9 Å². The van der Waals surface area contributed by atoms with Crippen LogP contribution in [-0.4, -0.2) is 39.7 Å². The Morgan fingerprint density at radius 3 is 2.52 bits per heavy atom. The number of carbonyl (C=O) groups is 1. The van der Waals surface area contributed by atoms with E-state index >= 15 is 8.78 Å². The molecule has 0 spiro atoms. The maximum Gasteiger partial charge on any atom is 0.349 e. The summed E-state index contributed by atoms with van der Waals surface area (Å²) in [7, 11) is 0. The summed E-state index contributed by atoms with van der Waals surface area (Å²) in [5.41, 5.74) is 0.574. The zero-order chi connectivity index (χ0) is 29.9. The second kappa shape index (κ2) is 12.7. The number of aromatic amines is 1. The summed E-state index contributed by atoms with van der Waals surface area (Å²) in [6.07, 6.45) is 6.35. The summed E-state index contributed by atoms with van der Waals surface area (Å²) in [6.45, 7) is 5.30. The van der Waals surface area contributed by atoms with Crippen molar-refractivity contribution in [1.29, 1.82) is 0 Å². The second-order valence-electron chi connectivity index (χ2n) is 11.1. The third-order valence-corrected chi connectivity index (χ3v) is 7.92.